The van der Waals surface area contributed by atoms with E-state index in [1.165, 1.54) is 0 Å². The third-order valence-electron chi connectivity index (χ3n) is 1.12. The molecule has 8 heteroatoms. The van der Waals surface area contributed by atoms with Gasteiger partial charge in [-0.1, -0.05) is 0 Å². The van der Waals surface area contributed by atoms with E-state index in [1.54, 1.807) is 0 Å². The summed E-state index contributed by atoms with van der Waals surface area (Å²) in [7, 11) is 0.933. The summed E-state index contributed by atoms with van der Waals surface area (Å²) in [6, 6.07) is 0. The molecular formula is C5H7N3O5. The number of ether oxygens (including phenoxy) is 1. The van der Waals surface area contributed by atoms with Crippen molar-refractivity contribution in [3.63, 3.8) is 0 Å². The maximum absolute atomic E-state index is 10.8. The summed E-state index contributed by atoms with van der Waals surface area (Å²) in [6.45, 7) is 0. The number of carboxylic acid groups (broad SMARTS) is 1. The molecule has 0 saturated carbocycles. The molecule has 0 heterocycles. The summed E-state index contributed by atoms with van der Waals surface area (Å²) in [5.74, 6) is -2.80. The van der Waals surface area contributed by atoms with E-state index >= 15 is 0 Å². The third kappa shape index (κ3) is 2.97. The van der Waals surface area contributed by atoms with Crippen LogP contribution in [0.3, 0.4) is 0 Å². The fourth-order valence-corrected chi connectivity index (χ4v) is 0.597. The van der Waals surface area contributed by atoms with E-state index in [2.05, 4.69) is 14.8 Å². The summed E-state index contributed by atoms with van der Waals surface area (Å²) in [6.07, 6.45) is -1.04. The first-order chi connectivity index (χ1) is 5.96. The largest absolute Gasteiger partial charge is 0.481 e. The van der Waals surface area contributed by atoms with Crippen molar-refractivity contribution in [2.75, 3.05) is 7.11 Å². The molecule has 0 radical (unpaired) electrons. The number of hydrogen-bond donors (Lipinski definition) is 2. The molecule has 1 unspecified atom stereocenters. The molecule has 72 valence electrons. The van der Waals surface area contributed by atoms with Crippen LogP contribution >= 0.6 is 0 Å². The lowest BCUT2D eigenvalue weighted by atomic mass is 10.1. The Kier molecular flexibility index (Phi) is 3.70. The number of carbonyl (C=O) groups excluding carboxylic acids is 1. The lowest BCUT2D eigenvalue weighted by Crippen LogP contribution is -2.39. The van der Waals surface area contributed by atoms with E-state index in [0.717, 1.165) is 7.11 Å². The Bertz CT molecular complexity index is 271. The molecule has 0 amide bonds. The number of esters is 1. The van der Waals surface area contributed by atoms with Gasteiger partial charge in [0.1, 0.15) is 0 Å². The highest BCUT2D eigenvalue weighted by atomic mass is 16.5. The number of carboxylic acids is 1. The first-order valence-corrected chi connectivity index (χ1v) is 3.05. The number of aliphatic carboxylic acids is 1. The second-order valence-electron chi connectivity index (χ2n) is 2.07. The number of carbonyl (C=O) groups is 2. The Labute approximate surface area is 72.4 Å². The van der Waals surface area contributed by atoms with Crippen LogP contribution in [0.1, 0.15) is 6.42 Å². The molecule has 0 aliphatic rings. The molecule has 1 atom stereocenters. The van der Waals surface area contributed by atoms with Crippen LogP contribution in [0.5, 0.6) is 0 Å². The van der Waals surface area contributed by atoms with Crippen LogP contribution in [0, 0.1) is 0 Å². The van der Waals surface area contributed by atoms with E-state index in [1.807, 2.05) is 0 Å². The average Bonchev–Trinajstić information content (AvgIpc) is 2.02. The van der Waals surface area contributed by atoms with Gasteiger partial charge in [0.25, 0.3) is 5.72 Å². The molecule has 0 rings (SSSR count). The number of nitrogens with zero attached hydrogens (tertiary/aromatic N) is 3. The van der Waals surface area contributed by atoms with Crippen LogP contribution in [0.2, 0.25) is 0 Å². The molecule has 0 aliphatic carbocycles. The van der Waals surface area contributed by atoms with Crippen LogP contribution in [0.25, 0.3) is 10.4 Å². The fourth-order valence-electron chi connectivity index (χ4n) is 0.597. The molecule has 0 aromatic carbocycles. The third-order valence-corrected chi connectivity index (χ3v) is 1.12. The van der Waals surface area contributed by atoms with Crippen molar-refractivity contribution in [2.24, 2.45) is 5.11 Å². The van der Waals surface area contributed by atoms with Crippen molar-refractivity contribution >= 4 is 11.9 Å². The predicted molar refractivity (Wildman–Crippen MR) is 38.4 cm³/mol. The topological polar surface area (TPSA) is 133 Å². The Morgan fingerprint density at radius 3 is 2.54 bits per heavy atom. The number of azide groups is 1. The number of aliphatic hydroxyl groups is 1. The van der Waals surface area contributed by atoms with E-state index < -0.39 is 24.1 Å². The summed E-state index contributed by atoms with van der Waals surface area (Å²) >= 11 is 0. The smallest absolute Gasteiger partial charge is 0.344 e. The molecule has 0 aliphatic heterocycles. The molecule has 0 saturated heterocycles. The monoisotopic (exact) mass is 189 g/mol. The van der Waals surface area contributed by atoms with Gasteiger partial charge < -0.3 is 14.9 Å². The highest BCUT2D eigenvalue weighted by molar-refractivity contribution is 5.84. The summed E-state index contributed by atoms with van der Waals surface area (Å²) in [5.41, 5.74) is 5.29. The van der Waals surface area contributed by atoms with Gasteiger partial charge in [0.2, 0.25) is 0 Å². The van der Waals surface area contributed by atoms with E-state index in [4.69, 9.17) is 10.6 Å². The minimum Gasteiger partial charge on any atom is -0.481 e. The number of methoxy groups -OCH3 is 1. The second kappa shape index (κ2) is 4.29. The second-order valence-corrected chi connectivity index (χ2v) is 2.07. The molecule has 2 N–H and O–H groups in total. The lowest BCUT2D eigenvalue weighted by Gasteiger charge is -2.16. The van der Waals surface area contributed by atoms with Crippen molar-refractivity contribution < 1.29 is 24.5 Å². The van der Waals surface area contributed by atoms with Crippen LogP contribution in [-0.2, 0) is 14.3 Å². The fraction of sp³-hybridized carbons (Fsp3) is 0.600. The zero-order valence-electron chi connectivity index (χ0n) is 6.67. The van der Waals surface area contributed by atoms with Crippen molar-refractivity contribution in [1.82, 2.24) is 0 Å². The van der Waals surface area contributed by atoms with Crippen molar-refractivity contribution in [1.29, 1.82) is 0 Å². The molecule has 13 heavy (non-hydrogen) atoms. The molecular weight excluding hydrogens is 182 g/mol. The number of rotatable bonds is 4. The van der Waals surface area contributed by atoms with E-state index in [9.17, 15) is 14.7 Å². The highest BCUT2D eigenvalue weighted by Crippen LogP contribution is 2.14. The summed E-state index contributed by atoms with van der Waals surface area (Å²) in [5, 5.41) is 20.1. The van der Waals surface area contributed by atoms with Gasteiger partial charge in [0.05, 0.1) is 13.5 Å². The van der Waals surface area contributed by atoms with Crippen molar-refractivity contribution in [3.8, 4) is 0 Å². The molecule has 0 bridgehead atoms. The maximum Gasteiger partial charge on any atom is 0.344 e. The van der Waals surface area contributed by atoms with Gasteiger partial charge in [0, 0.05) is 4.91 Å². The first-order valence-electron chi connectivity index (χ1n) is 3.05. The molecule has 0 aromatic heterocycles. The Morgan fingerprint density at radius 2 is 2.23 bits per heavy atom. The first kappa shape index (κ1) is 11.2. The maximum atomic E-state index is 10.8. The molecule has 8 nitrogen and oxygen atoms in total. The SMILES string of the molecule is COC(=O)C(O)(CC(=O)O)N=[N+]=[N-]. The van der Waals surface area contributed by atoms with Gasteiger partial charge in [0.15, 0.2) is 0 Å². The quantitative estimate of drug-likeness (QED) is 0.269. The minimum absolute atomic E-state index is 0.933. The van der Waals surface area contributed by atoms with Gasteiger partial charge in [-0.25, -0.2) is 4.79 Å². The van der Waals surface area contributed by atoms with Gasteiger partial charge in [-0.05, 0) is 10.6 Å². The number of hydrogen-bond acceptors (Lipinski definition) is 5. The van der Waals surface area contributed by atoms with Crippen LogP contribution in [0.4, 0.5) is 0 Å². The van der Waals surface area contributed by atoms with Crippen LogP contribution < -0.4 is 0 Å². The highest BCUT2D eigenvalue weighted by Gasteiger charge is 2.38. The molecule has 0 aromatic rings. The van der Waals surface area contributed by atoms with Crippen molar-refractivity contribution in [2.45, 2.75) is 12.1 Å². The van der Waals surface area contributed by atoms with E-state index in [0.29, 0.717) is 0 Å². The molecule has 0 spiro atoms. The van der Waals surface area contributed by atoms with E-state index in [-0.39, 0.29) is 0 Å². The Balaban J connectivity index is 4.82. The van der Waals surface area contributed by atoms with Crippen LogP contribution in [0.15, 0.2) is 5.11 Å². The minimum atomic E-state index is -2.67. The Hall–Kier alpha value is -1.79. The zero-order valence-corrected chi connectivity index (χ0v) is 6.67. The van der Waals surface area contributed by atoms with Gasteiger partial charge in [-0.2, -0.15) is 0 Å². The lowest BCUT2D eigenvalue weighted by molar-refractivity contribution is -0.167. The summed E-state index contributed by atoms with van der Waals surface area (Å²) < 4.78 is 4.05. The standard InChI is InChI=1S/C5H7N3O5/c1-13-4(11)5(12,7-8-6)2-3(9)10/h12H,2H2,1H3,(H,9,10). The van der Waals surface area contributed by atoms with Crippen LogP contribution in [-0.4, -0.2) is 35.0 Å². The van der Waals surface area contributed by atoms with Crippen molar-refractivity contribution in [3.05, 3.63) is 10.4 Å². The Morgan fingerprint density at radius 1 is 1.69 bits per heavy atom. The van der Waals surface area contributed by atoms with Gasteiger partial charge in [-0.3, -0.25) is 4.79 Å². The average molecular weight is 189 g/mol. The predicted octanol–water partition coefficient (Wildman–Crippen LogP) is -0.367. The zero-order chi connectivity index (χ0) is 10.5. The van der Waals surface area contributed by atoms with Gasteiger partial charge in [-0.15, -0.1) is 0 Å². The molecule has 0 fully saturated rings. The summed E-state index contributed by atoms with van der Waals surface area (Å²) in [4.78, 5) is 23.1. The van der Waals surface area contributed by atoms with Gasteiger partial charge >= 0.3 is 11.9 Å². The normalized spacial score (nSPS) is 13.7.